The van der Waals surface area contributed by atoms with E-state index in [1.807, 2.05) is 13.0 Å². The maximum absolute atomic E-state index is 11.9. The Hall–Kier alpha value is -1.49. The normalized spacial score (nSPS) is 20.3. The van der Waals surface area contributed by atoms with Crippen LogP contribution in [0.3, 0.4) is 0 Å². The lowest BCUT2D eigenvalue weighted by Crippen LogP contribution is -2.41. The summed E-state index contributed by atoms with van der Waals surface area (Å²) in [4.78, 5) is 11.9. The second kappa shape index (κ2) is 5.87. The average molecular weight is 280 g/mol. The van der Waals surface area contributed by atoms with E-state index in [0.29, 0.717) is 13.0 Å². The van der Waals surface area contributed by atoms with Crippen LogP contribution in [0.25, 0.3) is 0 Å². The molecule has 0 spiro atoms. The standard InChI is InChI=1S/C15H24N2O3/c1-10-7-11-12(17-14(19)16-5-4-6-18)8-15(2,3)9-13(11)20-10/h7,12,18H,4-6,8-9H2,1-3H3,(H2,16,17,19)/t12-/m0/s1. The number of urea groups is 1. The van der Waals surface area contributed by atoms with Crippen molar-refractivity contribution in [3.8, 4) is 0 Å². The quantitative estimate of drug-likeness (QED) is 0.741. The highest BCUT2D eigenvalue weighted by Crippen LogP contribution is 2.41. The minimum atomic E-state index is -0.189. The number of furan rings is 1. The molecule has 0 bridgehead atoms. The van der Waals surface area contributed by atoms with Crippen molar-refractivity contribution in [2.45, 2.75) is 46.1 Å². The first-order chi connectivity index (χ1) is 9.41. The number of nitrogens with one attached hydrogen (secondary N) is 2. The van der Waals surface area contributed by atoms with Gasteiger partial charge < -0.3 is 20.2 Å². The highest BCUT2D eigenvalue weighted by atomic mass is 16.3. The Morgan fingerprint density at radius 2 is 2.30 bits per heavy atom. The van der Waals surface area contributed by atoms with Crippen LogP contribution < -0.4 is 10.6 Å². The van der Waals surface area contributed by atoms with Gasteiger partial charge in [0.25, 0.3) is 0 Å². The van der Waals surface area contributed by atoms with Gasteiger partial charge in [-0.05, 0) is 31.2 Å². The molecule has 0 aromatic carbocycles. The number of hydrogen-bond acceptors (Lipinski definition) is 3. The predicted octanol–water partition coefficient (Wildman–Crippen LogP) is 2.28. The second-order valence-electron chi connectivity index (χ2n) is 6.31. The molecule has 0 radical (unpaired) electrons. The van der Waals surface area contributed by atoms with Crippen LogP contribution in [-0.4, -0.2) is 24.3 Å². The van der Waals surface area contributed by atoms with E-state index in [1.54, 1.807) is 0 Å². The summed E-state index contributed by atoms with van der Waals surface area (Å²) in [5.74, 6) is 1.87. The maximum Gasteiger partial charge on any atom is 0.315 e. The Balaban J connectivity index is 2.05. The van der Waals surface area contributed by atoms with E-state index in [4.69, 9.17) is 9.52 Å². The summed E-state index contributed by atoms with van der Waals surface area (Å²) >= 11 is 0. The molecule has 1 heterocycles. The fourth-order valence-corrected chi connectivity index (χ4v) is 2.80. The molecule has 1 atom stereocenters. The summed E-state index contributed by atoms with van der Waals surface area (Å²) in [6, 6.07) is 1.81. The topological polar surface area (TPSA) is 74.5 Å². The summed E-state index contributed by atoms with van der Waals surface area (Å²) in [5, 5.41) is 14.5. The zero-order valence-corrected chi connectivity index (χ0v) is 12.5. The molecule has 20 heavy (non-hydrogen) atoms. The van der Waals surface area contributed by atoms with Gasteiger partial charge in [0.2, 0.25) is 0 Å². The van der Waals surface area contributed by atoms with Crippen LogP contribution in [0.1, 0.15) is 49.8 Å². The fourth-order valence-electron chi connectivity index (χ4n) is 2.80. The first-order valence-electron chi connectivity index (χ1n) is 7.16. The molecular formula is C15H24N2O3. The molecule has 0 saturated heterocycles. The van der Waals surface area contributed by atoms with Gasteiger partial charge in [0.15, 0.2) is 0 Å². The summed E-state index contributed by atoms with van der Waals surface area (Å²) in [6.07, 6.45) is 2.37. The number of aryl methyl sites for hydroxylation is 1. The van der Waals surface area contributed by atoms with Crippen molar-refractivity contribution in [1.82, 2.24) is 10.6 Å². The molecule has 0 unspecified atom stereocenters. The van der Waals surface area contributed by atoms with Gasteiger partial charge in [0, 0.05) is 25.1 Å². The summed E-state index contributed by atoms with van der Waals surface area (Å²) < 4.78 is 5.75. The summed E-state index contributed by atoms with van der Waals surface area (Å²) in [5.41, 5.74) is 1.21. The monoisotopic (exact) mass is 280 g/mol. The summed E-state index contributed by atoms with van der Waals surface area (Å²) in [7, 11) is 0. The van der Waals surface area contributed by atoms with Crippen molar-refractivity contribution < 1.29 is 14.3 Å². The molecule has 2 amide bonds. The molecule has 2 rings (SSSR count). The largest absolute Gasteiger partial charge is 0.466 e. The van der Waals surface area contributed by atoms with Crippen LogP contribution in [0.15, 0.2) is 10.5 Å². The minimum absolute atomic E-state index is 0.0136. The van der Waals surface area contributed by atoms with Gasteiger partial charge in [-0.15, -0.1) is 0 Å². The zero-order chi connectivity index (χ0) is 14.8. The summed E-state index contributed by atoms with van der Waals surface area (Å²) in [6.45, 7) is 6.87. The van der Waals surface area contributed by atoms with Crippen molar-refractivity contribution in [1.29, 1.82) is 0 Å². The molecule has 0 aliphatic heterocycles. The molecule has 112 valence electrons. The molecular weight excluding hydrogens is 256 g/mol. The molecule has 3 N–H and O–H groups in total. The van der Waals surface area contributed by atoms with Crippen LogP contribution >= 0.6 is 0 Å². The van der Waals surface area contributed by atoms with E-state index in [0.717, 1.165) is 29.9 Å². The number of aliphatic hydroxyl groups is 1. The van der Waals surface area contributed by atoms with E-state index in [9.17, 15) is 4.79 Å². The first kappa shape index (κ1) is 14.9. The van der Waals surface area contributed by atoms with Crippen LogP contribution in [0.2, 0.25) is 0 Å². The second-order valence-corrected chi connectivity index (χ2v) is 6.31. The van der Waals surface area contributed by atoms with Crippen molar-refractivity contribution >= 4 is 6.03 Å². The number of rotatable bonds is 4. The SMILES string of the molecule is Cc1cc2c(o1)CC(C)(C)C[C@@H]2NC(=O)NCCCO. The minimum Gasteiger partial charge on any atom is -0.466 e. The molecule has 1 aliphatic carbocycles. The lowest BCUT2D eigenvalue weighted by molar-refractivity contribution is 0.213. The maximum atomic E-state index is 11.9. The van der Waals surface area contributed by atoms with Crippen molar-refractivity contribution in [3.05, 3.63) is 23.2 Å². The smallest absolute Gasteiger partial charge is 0.315 e. The van der Waals surface area contributed by atoms with Crippen molar-refractivity contribution in [2.24, 2.45) is 5.41 Å². The van der Waals surface area contributed by atoms with Gasteiger partial charge in [-0.3, -0.25) is 0 Å². The molecule has 5 heteroatoms. The van der Waals surface area contributed by atoms with Crippen molar-refractivity contribution in [2.75, 3.05) is 13.2 Å². The van der Waals surface area contributed by atoms with E-state index >= 15 is 0 Å². The Bertz CT molecular complexity index is 479. The van der Waals surface area contributed by atoms with E-state index < -0.39 is 0 Å². The number of fused-ring (bicyclic) bond motifs is 1. The van der Waals surface area contributed by atoms with Crippen LogP contribution in [0.5, 0.6) is 0 Å². The van der Waals surface area contributed by atoms with Gasteiger partial charge in [-0.25, -0.2) is 4.79 Å². The Morgan fingerprint density at radius 1 is 1.55 bits per heavy atom. The van der Waals surface area contributed by atoms with Crippen LogP contribution in [0, 0.1) is 12.3 Å². The first-order valence-corrected chi connectivity index (χ1v) is 7.16. The third-order valence-electron chi connectivity index (χ3n) is 3.66. The van der Waals surface area contributed by atoms with Gasteiger partial charge in [0.1, 0.15) is 11.5 Å². The van der Waals surface area contributed by atoms with Crippen LogP contribution in [0.4, 0.5) is 4.79 Å². The van der Waals surface area contributed by atoms with Crippen molar-refractivity contribution in [3.63, 3.8) is 0 Å². The molecule has 0 fully saturated rings. The third-order valence-corrected chi connectivity index (χ3v) is 3.66. The molecule has 1 aromatic rings. The van der Waals surface area contributed by atoms with E-state index in [-0.39, 0.29) is 24.1 Å². The lowest BCUT2D eigenvalue weighted by atomic mass is 9.75. The Kier molecular flexibility index (Phi) is 4.38. The Morgan fingerprint density at radius 3 is 3.00 bits per heavy atom. The van der Waals surface area contributed by atoms with E-state index in [1.165, 1.54) is 0 Å². The third kappa shape index (κ3) is 3.54. The lowest BCUT2D eigenvalue weighted by Gasteiger charge is -2.34. The highest BCUT2D eigenvalue weighted by molar-refractivity contribution is 5.74. The highest BCUT2D eigenvalue weighted by Gasteiger charge is 2.35. The van der Waals surface area contributed by atoms with Gasteiger partial charge in [0.05, 0.1) is 6.04 Å². The molecule has 1 aliphatic rings. The fraction of sp³-hybridized carbons (Fsp3) is 0.667. The van der Waals surface area contributed by atoms with Gasteiger partial charge >= 0.3 is 6.03 Å². The average Bonchev–Trinajstić information content (AvgIpc) is 2.68. The number of carbonyl (C=O) groups is 1. The van der Waals surface area contributed by atoms with Crippen LogP contribution in [-0.2, 0) is 6.42 Å². The molecule has 0 saturated carbocycles. The Labute approximate surface area is 119 Å². The number of amides is 2. The van der Waals surface area contributed by atoms with Gasteiger partial charge in [-0.2, -0.15) is 0 Å². The number of carbonyl (C=O) groups excluding carboxylic acids is 1. The molecule has 5 nitrogen and oxygen atoms in total. The van der Waals surface area contributed by atoms with E-state index in [2.05, 4.69) is 24.5 Å². The number of hydrogen-bond donors (Lipinski definition) is 3. The molecule has 1 aromatic heterocycles. The number of aliphatic hydroxyl groups excluding tert-OH is 1. The van der Waals surface area contributed by atoms with Gasteiger partial charge in [-0.1, -0.05) is 13.8 Å². The zero-order valence-electron chi connectivity index (χ0n) is 12.5. The predicted molar refractivity (Wildman–Crippen MR) is 76.5 cm³/mol.